The highest BCUT2D eigenvalue weighted by Crippen LogP contribution is 2.32. The molecule has 1 aromatic rings. The zero-order valence-corrected chi connectivity index (χ0v) is 11.8. The SMILES string of the molecule is CCCC1(C(=O)NC(C)c2ncc[nH]2)CCCNC1. The van der Waals surface area contributed by atoms with E-state index in [1.807, 2.05) is 6.92 Å². The van der Waals surface area contributed by atoms with Gasteiger partial charge in [0.1, 0.15) is 5.82 Å². The average Bonchev–Trinajstić information content (AvgIpc) is 2.94. The summed E-state index contributed by atoms with van der Waals surface area (Å²) >= 11 is 0. The highest BCUT2D eigenvalue weighted by Gasteiger charge is 2.39. The summed E-state index contributed by atoms with van der Waals surface area (Å²) in [7, 11) is 0. The second-order valence-electron chi connectivity index (χ2n) is 5.48. The maximum absolute atomic E-state index is 12.6. The Morgan fingerprint density at radius 1 is 1.63 bits per heavy atom. The molecule has 0 aliphatic carbocycles. The first-order valence-electron chi connectivity index (χ1n) is 7.19. The van der Waals surface area contributed by atoms with Gasteiger partial charge in [-0.2, -0.15) is 0 Å². The van der Waals surface area contributed by atoms with E-state index < -0.39 is 0 Å². The molecule has 1 saturated heterocycles. The molecule has 0 spiro atoms. The highest BCUT2D eigenvalue weighted by molar-refractivity contribution is 5.83. The summed E-state index contributed by atoms with van der Waals surface area (Å²) in [6, 6.07) is -0.0712. The van der Waals surface area contributed by atoms with Crippen molar-refractivity contribution in [3.05, 3.63) is 18.2 Å². The Balaban J connectivity index is 2.03. The van der Waals surface area contributed by atoms with Crippen molar-refractivity contribution in [2.75, 3.05) is 13.1 Å². The van der Waals surface area contributed by atoms with Gasteiger partial charge < -0.3 is 15.6 Å². The smallest absolute Gasteiger partial charge is 0.228 e. The van der Waals surface area contributed by atoms with E-state index in [0.717, 1.165) is 44.6 Å². The van der Waals surface area contributed by atoms with Gasteiger partial charge in [-0.15, -0.1) is 0 Å². The number of hydrogen-bond donors (Lipinski definition) is 3. The van der Waals surface area contributed by atoms with Crippen LogP contribution in [0.4, 0.5) is 0 Å². The first-order chi connectivity index (χ1) is 9.18. The molecule has 5 heteroatoms. The fraction of sp³-hybridized carbons (Fsp3) is 0.714. The molecule has 2 heterocycles. The van der Waals surface area contributed by atoms with Gasteiger partial charge in [-0.1, -0.05) is 13.3 Å². The maximum Gasteiger partial charge on any atom is 0.228 e. The van der Waals surface area contributed by atoms with Gasteiger partial charge in [-0.05, 0) is 32.7 Å². The zero-order chi connectivity index (χ0) is 13.7. The van der Waals surface area contributed by atoms with Gasteiger partial charge in [0, 0.05) is 18.9 Å². The van der Waals surface area contributed by atoms with Crippen molar-refractivity contribution in [2.24, 2.45) is 5.41 Å². The van der Waals surface area contributed by atoms with Gasteiger partial charge in [0.05, 0.1) is 11.5 Å². The second kappa shape index (κ2) is 6.19. The summed E-state index contributed by atoms with van der Waals surface area (Å²) in [5.41, 5.74) is -0.242. The van der Waals surface area contributed by atoms with E-state index >= 15 is 0 Å². The number of amides is 1. The standard InChI is InChI=1S/C14H24N4O/c1-3-5-14(6-4-7-15-10-14)13(19)18-11(2)12-16-8-9-17-12/h8-9,11,15H,3-7,10H2,1-2H3,(H,16,17)(H,18,19). The van der Waals surface area contributed by atoms with E-state index in [1.165, 1.54) is 0 Å². The van der Waals surface area contributed by atoms with E-state index in [2.05, 4.69) is 27.5 Å². The number of hydrogen-bond acceptors (Lipinski definition) is 3. The van der Waals surface area contributed by atoms with Crippen LogP contribution < -0.4 is 10.6 Å². The Kier molecular flexibility index (Phi) is 4.58. The van der Waals surface area contributed by atoms with Crippen molar-refractivity contribution in [3.8, 4) is 0 Å². The van der Waals surface area contributed by atoms with Crippen LogP contribution in [0, 0.1) is 5.41 Å². The van der Waals surface area contributed by atoms with Gasteiger partial charge in [0.2, 0.25) is 5.91 Å². The molecule has 1 aromatic heterocycles. The molecule has 0 saturated carbocycles. The van der Waals surface area contributed by atoms with E-state index in [1.54, 1.807) is 12.4 Å². The fourth-order valence-corrected chi connectivity index (χ4v) is 2.90. The van der Waals surface area contributed by atoms with Crippen molar-refractivity contribution in [1.29, 1.82) is 0 Å². The lowest BCUT2D eigenvalue weighted by molar-refractivity contribution is -0.133. The molecule has 106 valence electrons. The van der Waals surface area contributed by atoms with E-state index in [9.17, 15) is 4.79 Å². The highest BCUT2D eigenvalue weighted by atomic mass is 16.2. The quantitative estimate of drug-likeness (QED) is 0.759. The van der Waals surface area contributed by atoms with Crippen LogP contribution in [0.15, 0.2) is 12.4 Å². The minimum atomic E-state index is -0.242. The normalized spacial score (nSPS) is 24.9. The fourth-order valence-electron chi connectivity index (χ4n) is 2.90. The van der Waals surface area contributed by atoms with Crippen LogP contribution in [-0.4, -0.2) is 29.0 Å². The van der Waals surface area contributed by atoms with E-state index in [4.69, 9.17) is 0 Å². The predicted molar refractivity (Wildman–Crippen MR) is 74.6 cm³/mol. The molecule has 1 fully saturated rings. The summed E-state index contributed by atoms with van der Waals surface area (Å²) in [5.74, 6) is 0.967. The van der Waals surface area contributed by atoms with Gasteiger partial charge in [-0.3, -0.25) is 4.79 Å². The summed E-state index contributed by atoms with van der Waals surface area (Å²) < 4.78 is 0. The third-order valence-electron chi connectivity index (χ3n) is 3.96. The van der Waals surface area contributed by atoms with Crippen LogP contribution in [0.25, 0.3) is 0 Å². The van der Waals surface area contributed by atoms with Crippen LogP contribution in [0.5, 0.6) is 0 Å². The minimum Gasteiger partial charge on any atom is -0.347 e. The Bertz CT molecular complexity index is 390. The third kappa shape index (κ3) is 3.15. The summed E-state index contributed by atoms with van der Waals surface area (Å²) in [6.45, 7) is 5.91. The number of aromatic nitrogens is 2. The van der Waals surface area contributed by atoms with Crippen LogP contribution in [0.1, 0.15) is 51.4 Å². The Morgan fingerprint density at radius 2 is 2.47 bits per heavy atom. The van der Waals surface area contributed by atoms with Crippen LogP contribution in [0.2, 0.25) is 0 Å². The monoisotopic (exact) mass is 264 g/mol. The number of imidazole rings is 1. The van der Waals surface area contributed by atoms with Crippen LogP contribution >= 0.6 is 0 Å². The lowest BCUT2D eigenvalue weighted by Gasteiger charge is -2.36. The van der Waals surface area contributed by atoms with Crippen molar-refractivity contribution < 1.29 is 4.79 Å². The third-order valence-corrected chi connectivity index (χ3v) is 3.96. The predicted octanol–water partition coefficient (Wildman–Crippen LogP) is 1.76. The van der Waals surface area contributed by atoms with Gasteiger partial charge >= 0.3 is 0 Å². The van der Waals surface area contributed by atoms with Gasteiger partial charge in [-0.25, -0.2) is 4.98 Å². The molecule has 0 bridgehead atoms. The van der Waals surface area contributed by atoms with E-state index in [0.29, 0.717) is 0 Å². The van der Waals surface area contributed by atoms with Crippen LogP contribution in [0.3, 0.4) is 0 Å². The first kappa shape index (κ1) is 14.1. The Labute approximate surface area is 114 Å². The number of carbonyl (C=O) groups excluding carboxylic acids is 1. The molecule has 0 aromatic carbocycles. The zero-order valence-electron chi connectivity index (χ0n) is 11.8. The summed E-state index contributed by atoms with van der Waals surface area (Å²) in [6.07, 6.45) is 7.51. The molecule has 19 heavy (non-hydrogen) atoms. The molecule has 2 atom stereocenters. The largest absolute Gasteiger partial charge is 0.347 e. The summed E-state index contributed by atoms with van der Waals surface area (Å²) in [4.78, 5) is 19.9. The molecular weight excluding hydrogens is 240 g/mol. The molecule has 5 nitrogen and oxygen atoms in total. The number of rotatable bonds is 5. The molecule has 0 radical (unpaired) electrons. The molecule has 1 aliphatic rings. The average molecular weight is 264 g/mol. The summed E-state index contributed by atoms with van der Waals surface area (Å²) in [5, 5.41) is 6.47. The molecule has 2 rings (SSSR count). The lowest BCUT2D eigenvalue weighted by atomic mass is 9.76. The molecule has 1 aliphatic heterocycles. The lowest BCUT2D eigenvalue weighted by Crippen LogP contribution is -2.51. The molecule has 2 unspecified atom stereocenters. The van der Waals surface area contributed by atoms with E-state index in [-0.39, 0.29) is 17.4 Å². The van der Waals surface area contributed by atoms with Gasteiger partial charge in [0.15, 0.2) is 0 Å². The number of aromatic amines is 1. The number of H-pyrrole nitrogens is 1. The van der Waals surface area contributed by atoms with Crippen molar-refractivity contribution in [2.45, 2.75) is 45.6 Å². The van der Waals surface area contributed by atoms with Gasteiger partial charge in [0.25, 0.3) is 0 Å². The Hall–Kier alpha value is -1.36. The molecular formula is C14H24N4O. The number of nitrogens with zero attached hydrogens (tertiary/aromatic N) is 1. The molecule has 1 amide bonds. The van der Waals surface area contributed by atoms with Crippen molar-refractivity contribution >= 4 is 5.91 Å². The molecule has 3 N–H and O–H groups in total. The maximum atomic E-state index is 12.6. The van der Waals surface area contributed by atoms with Crippen molar-refractivity contribution in [1.82, 2.24) is 20.6 Å². The first-order valence-corrected chi connectivity index (χ1v) is 7.19. The topological polar surface area (TPSA) is 69.8 Å². The Morgan fingerprint density at radius 3 is 3.05 bits per heavy atom. The number of nitrogens with one attached hydrogen (secondary N) is 3. The van der Waals surface area contributed by atoms with Crippen molar-refractivity contribution in [3.63, 3.8) is 0 Å². The number of carbonyl (C=O) groups is 1. The minimum absolute atomic E-state index is 0.0712. The number of piperidine rings is 1. The second-order valence-corrected chi connectivity index (χ2v) is 5.48. The van der Waals surface area contributed by atoms with Crippen LogP contribution in [-0.2, 0) is 4.79 Å².